The van der Waals surface area contributed by atoms with Gasteiger partial charge in [0, 0.05) is 7.11 Å². The summed E-state index contributed by atoms with van der Waals surface area (Å²) in [4.78, 5) is 4.19. The van der Waals surface area contributed by atoms with Crippen molar-refractivity contribution in [2.24, 2.45) is 11.8 Å². The molecule has 1 aromatic heterocycles. The maximum absolute atomic E-state index is 5.64. The Bertz CT molecular complexity index is 354. The van der Waals surface area contributed by atoms with E-state index < -0.39 is 5.60 Å². The Labute approximate surface area is 94.5 Å². The third-order valence-electron chi connectivity index (χ3n) is 3.30. The van der Waals surface area contributed by atoms with Crippen molar-refractivity contribution in [2.75, 3.05) is 12.5 Å². The summed E-state index contributed by atoms with van der Waals surface area (Å²) in [6, 6.07) is 0.227. The Morgan fingerprint density at radius 1 is 1.62 bits per heavy atom. The number of nitrogen functional groups attached to an aromatic ring is 1. The van der Waals surface area contributed by atoms with Crippen molar-refractivity contribution in [1.82, 2.24) is 10.1 Å². The Balaban J connectivity index is 2.25. The normalized spacial score (nSPS) is 30.3. The van der Waals surface area contributed by atoms with Gasteiger partial charge in [-0.05, 0) is 25.2 Å². The summed E-state index contributed by atoms with van der Waals surface area (Å²) in [5.41, 5.74) is 1.94. The minimum atomic E-state index is -0.406. The second kappa shape index (κ2) is 4.39. The summed E-state index contributed by atoms with van der Waals surface area (Å²) in [5.74, 6) is 6.42. The van der Waals surface area contributed by atoms with Gasteiger partial charge in [0.1, 0.15) is 5.60 Å². The van der Waals surface area contributed by atoms with E-state index in [-0.39, 0.29) is 6.01 Å². The van der Waals surface area contributed by atoms with Gasteiger partial charge in [0.2, 0.25) is 5.82 Å². The lowest BCUT2D eigenvalue weighted by molar-refractivity contribution is -0.0658. The SMILES string of the molecule is COC1(c2noc(NN)n2)CCCC(C)C1. The van der Waals surface area contributed by atoms with Crippen LogP contribution in [0.25, 0.3) is 0 Å². The highest BCUT2D eigenvalue weighted by Gasteiger charge is 2.40. The van der Waals surface area contributed by atoms with E-state index in [9.17, 15) is 0 Å². The van der Waals surface area contributed by atoms with Gasteiger partial charge >= 0.3 is 6.01 Å². The molecule has 0 bridgehead atoms. The van der Waals surface area contributed by atoms with Gasteiger partial charge in [0.15, 0.2) is 0 Å². The summed E-state index contributed by atoms with van der Waals surface area (Å²) in [6.07, 6.45) is 4.20. The minimum absolute atomic E-state index is 0.227. The van der Waals surface area contributed by atoms with Gasteiger partial charge in [-0.25, -0.2) is 5.84 Å². The molecule has 90 valence electrons. The maximum atomic E-state index is 5.64. The number of methoxy groups -OCH3 is 1. The molecule has 3 N–H and O–H groups in total. The second-order valence-corrected chi connectivity index (χ2v) is 4.47. The highest BCUT2D eigenvalue weighted by Crippen LogP contribution is 2.41. The largest absolute Gasteiger partial charge is 0.370 e. The third-order valence-corrected chi connectivity index (χ3v) is 3.30. The van der Waals surface area contributed by atoms with Crippen molar-refractivity contribution >= 4 is 6.01 Å². The molecule has 0 aliphatic heterocycles. The van der Waals surface area contributed by atoms with Crippen molar-refractivity contribution in [3.05, 3.63) is 5.82 Å². The zero-order valence-electron chi connectivity index (χ0n) is 9.69. The molecule has 0 saturated heterocycles. The number of hydrazine groups is 1. The van der Waals surface area contributed by atoms with Crippen LogP contribution in [0.3, 0.4) is 0 Å². The summed E-state index contributed by atoms with van der Waals surface area (Å²) in [7, 11) is 1.70. The van der Waals surface area contributed by atoms with Crippen LogP contribution in [0.4, 0.5) is 6.01 Å². The average Bonchev–Trinajstić information content (AvgIpc) is 2.78. The van der Waals surface area contributed by atoms with Gasteiger partial charge in [-0.2, -0.15) is 4.98 Å². The predicted molar refractivity (Wildman–Crippen MR) is 58.4 cm³/mol. The molecule has 1 saturated carbocycles. The molecule has 6 heteroatoms. The molecule has 2 rings (SSSR count). The molecule has 1 aromatic rings. The van der Waals surface area contributed by atoms with E-state index in [1.54, 1.807) is 7.11 Å². The van der Waals surface area contributed by atoms with E-state index in [0.717, 1.165) is 19.3 Å². The standard InChI is InChI=1S/C10H18N4O2/c1-7-4-3-5-10(6-7,15-2)8-12-9(13-11)16-14-8/h7H,3-6,11H2,1-2H3,(H,12,13,14). The van der Waals surface area contributed by atoms with Gasteiger partial charge in [-0.15, -0.1) is 0 Å². The first-order valence-corrected chi connectivity index (χ1v) is 5.56. The van der Waals surface area contributed by atoms with Gasteiger partial charge in [0.05, 0.1) is 0 Å². The first-order chi connectivity index (χ1) is 7.70. The summed E-state index contributed by atoms with van der Waals surface area (Å²) < 4.78 is 10.6. The molecule has 1 aliphatic rings. The topological polar surface area (TPSA) is 86.2 Å². The number of aromatic nitrogens is 2. The fourth-order valence-electron chi connectivity index (χ4n) is 2.45. The molecule has 1 fully saturated rings. The van der Waals surface area contributed by atoms with Crippen LogP contribution in [-0.2, 0) is 10.3 Å². The Kier molecular flexibility index (Phi) is 3.11. The first kappa shape index (κ1) is 11.3. The molecule has 0 aromatic carbocycles. The lowest BCUT2D eigenvalue weighted by Gasteiger charge is -2.36. The first-order valence-electron chi connectivity index (χ1n) is 5.56. The molecular formula is C10H18N4O2. The van der Waals surface area contributed by atoms with Crippen molar-refractivity contribution in [2.45, 2.75) is 38.2 Å². The van der Waals surface area contributed by atoms with Crippen LogP contribution < -0.4 is 11.3 Å². The molecule has 6 nitrogen and oxygen atoms in total. The molecule has 0 spiro atoms. The summed E-state index contributed by atoms with van der Waals surface area (Å²) in [5, 5.41) is 3.93. The van der Waals surface area contributed by atoms with Gasteiger partial charge in [-0.1, -0.05) is 18.5 Å². The lowest BCUT2D eigenvalue weighted by Crippen LogP contribution is -2.35. The predicted octanol–water partition coefficient (Wildman–Crippen LogP) is 1.41. The molecule has 16 heavy (non-hydrogen) atoms. The number of hydrogen-bond donors (Lipinski definition) is 2. The van der Waals surface area contributed by atoms with Crippen LogP contribution in [0.2, 0.25) is 0 Å². The number of hydrogen-bond acceptors (Lipinski definition) is 6. The van der Waals surface area contributed by atoms with Crippen LogP contribution in [0.1, 0.15) is 38.4 Å². The fourth-order valence-corrected chi connectivity index (χ4v) is 2.45. The fraction of sp³-hybridized carbons (Fsp3) is 0.800. The van der Waals surface area contributed by atoms with E-state index in [1.807, 2.05) is 0 Å². The van der Waals surface area contributed by atoms with Crippen LogP contribution >= 0.6 is 0 Å². The highest BCUT2D eigenvalue weighted by molar-refractivity contribution is 5.18. The van der Waals surface area contributed by atoms with Gasteiger partial charge < -0.3 is 9.26 Å². The Morgan fingerprint density at radius 3 is 3.00 bits per heavy atom. The third kappa shape index (κ3) is 1.90. The number of nitrogens with one attached hydrogen (secondary N) is 1. The van der Waals surface area contributed by atoms with E-state index in [2.05, 4.69) is 22.5 Å². The van der Waals surface area contributed by atoms with Crippen molar-refractivity contribution in [1.29, 1.82) is 0 Å². The zero-order chi connectivity index (χ0) is 11.6. The molecule has 1 heterocycles. The van der Waals surface area contributed by atoms with Crippen molar-refractivity contribution < 1.29 is 9.26 Å². The second-order valence-electron chi connectivity index (χ2n) is 4.47. The molecular weight excluding hydrogens is 208 g/mol. The zero-order valence-corrected chi connectivity index (χ0v) is 9.69. The number of nitrogens with zero attached hydrogens (tertiary/aromatic N) is 2. The Morgan fingerprint density at radius 2 is 2.44 bits per heavy atom. The van der Waals surface area contributed by atoms with E-state index in [1.165, 1.54) is 6.42 Å². The van der Waals surface area contributed by atoms with Crippen LogP contribution in [0, 0.1) is 5.92 Å². The van der Waals surface area contributed by atoms with E-state index in [0.29, 0.717) is 11.7 Å². The quantitative estimate of drug-likeness (QED) is 0.598. The van der Waals surface area contributed by atoms with Crippen LogP contribution in [0.15, 0.2) is 4.52 Å². The molecule has 0 amide bonds. The minimum Gasteiger partial charge on any atom is -0.370 e. The Hall–Kier alpha value is -1.14. The smallest absolute Gasteiger partial charge is 0.335 e. The summed E-state index contributed by atoms with van der Waals surface area (Å²) >= 11 is 0. The highest BCUT2D eigenvalue weighted by atomic mass is 16.5. The monoisotopic (exact) mass is 226 g/mol. The van der Waals surface area contributed by atoms with Crippen molar-refractivity contribution in [3.63, 3.8) is 0 Å². The number of rotatable bonds is 3. The summed E-state index contributed by atoms with van der Waals surface area (Å²) in [6.45, 7) is 2.22. The van der Waals surface area contributed by atoms with E-state index >= 15 is 0 Å². The molecule has 2 atom stereocenters. The van der Waals surface area contributed by atoms with Crippen molar-refractivity contribution in [3.8, 4) is 0 Å². The van der Waals surface area contributed by atoms with Gasteiger partial charge in [0.25, 0.3) is 0 Å². The number of ether oxygens (including phenoxy) is 1. The lowest BCUT2D eigenvalue weighted by atomic mass is 9.78. The van der Waals surface area contributed by atoms with Crippen LogP contribution in [-0.4, -0.2) is 17.3 Å². The molecule has 2 unspecified atom stereocenters. The van der Waals surface area contributed by atoms with Gasteiger partial charge in [-0.3, -0.25) is 5.43 Å². The molecule has 1 aliphatic carbocycles. The van der Waals surface area contributed by atoms with Crippen LogP contribution in [0.5, 0.6) is 0 Å². The maximum Gasteiger partial charge on any atom is 0.335 e. The number of anilines is 1. The number of nitrogens with two attached hydrogens (primary N) is 1. The average molecular weight is 226 g/mol. The molecule has 0 radical (unpaired) electrons. The van der Waals surface area contributed by atoms with E-state index in [4.69, 9.17) is 15.1 Å².